The van der Waals surface area contributed by atoms with Gasteiger partial charge in [-0.15, -0.1) is 0 Å². The van der Waals surface area contributed by atoms with Gasteiger partial charge in [-0.05, 0) is 33.8 Å². The average molecular weight is 251 g/mol. The van der Waals surface area contributed by atoms with Gasteiger partial charge in [-0.3, -0.25) is 10.1 Å². The van der Waals surface area contributed by atoms with Gasteiger partial charge >= 0.3 is 5.97 Å². The highest BCUT2D eigenvalue weighted by Crippen LogP contribution is 2.25. The molecule has 0 aromatic heterocycles. The highest BCUT2D eigenvalue weighted by atomic mass is 16.5. The minimum absolute atomic E-state index is 0.0777. The minimum Gasteiger partial charge on any atom is -0.491 e. The molecule has 2 N–H and O–H groups in total. The molecular weight excluding hydrogens is 230 g/mol. The van der Waals surface area contributed by atoms with E-state index in [1.807, 2.05) is 45.0 Å². The van der Waals surface area contributed by atoms with Crippen LogP contribution < -0.4 is 10.1 Å². The van der Waals surface area contributed by atoms with Crippen molar-refractivity contribution in [2.24, 2.45) is 0 Å². The molecular formula is C14H21NO3. The van der Waals surface area contributed by atoms with Gasteiger partial charge < -0.3 is 9.84 Å². The fourth-order valence-corrected chi connectivity index (χ4v) is 1.74. The van der Waals surface area contributed by atoms with E-state index < -0.39 is 12.0 Å². The summed E-state index contributed by atoms with van der Waals surface area (Å²) in [5, 5.41) is 11.9. The highest BCUT2D eigenvalue weighted by Gasteiger charge is 2.17. The van der Waals surface area contributed by atoms with Crippen LogP contribution in [0.3, 0.4) is 0 Å². The van der Waals surface area contributed by atoms with E-state index in [-0.39, 0.29) is 12.1 Å². The first-order chi connectivity index (χ1) is 8.41. The maximum absolute atomic E-state index is 10.8. The van der Waals surface area contributed by atoms with Crippen LogP contribution in [0.5, 0.6) is 5.75 Å². The molecule has 0 heterocycles. The molecule has 0 saturated heterocycles. The zero-order valence-electron chi connectivity index (χ0n) is 11.3. The molecule has 0 aliphatic rings. The minimum atomic E-state index is -0.857. The number of hydrogen-bond acceptors (Lipinski definition) is 3. The Morgan fingerprint density at radius 2 is 1.83 bits per heavy atom. The van der Waals surface area contributed by atoms with Gasteiger partial charge in [-0.1, -0.05) is 18.2 Å². The van der Waals surface area contributed by atoms with Crippen molar-refractivity contribution in [1.29, 1.82) is 0 Å². The van der Waals surface area contributed by atoms with E-state index in [1.54, 1.807) is 6.92 Å². The van der Waals surface area contributed by atoms with Gasteiger partial charge in [-0.25, -0.2) is 0 Å². The predicted molar refractivity (Wildman–Crippen MR) is 70.9 cm³/mol. The van der Waals surface area contributed by atoms with E-state index in [4.69, 9.17) is 9.84 Å². The summed E-state index contributed by atoms with van der Waals surface area (Å²) in [7, 11) is 0. The quantitative estimate of drug-likeness (QED) is 0.816. The molecule has 18 heavy (non-hydrogen) atoms. The van der Waals surface area contributed by atoms with Crippen LogP contribution in [-0.4, -0.2) is 23.2 Å². The number of carbonyl (C=O) groups is 1. The summed E-state index contributed by atoms with van der Waals surface area (Å²) in [6, 6.07) is 7.02. The number of benzene rings is 1. The molecule has 0 fully saturated rings. The first-order valence-electron chi connectivity index (χ1n) is 6.16. The molecule has 100 valence electrons. The second kappa shape index (κ2) is 6.40. The fraction of sp³-hybridized carbons (Fsp3) is 0.500. The second-order valence-corrected chi connectivity index (χ2v) is 4.65. The molecule has 0 saturated carbocycles. The lowest BCUT2D eigenvalue weighted by atomic mass is 10.1. The van der Waals surface area contributed by atoms with Gasteiger partial charge in [0.15, 0.2) is 0 Å². The van der Waals surface area contributed by atoms with E-state index in [9.17, 15) is 4.79 Å². The van der Waals surface area contributed by atoms with Crippen molar-refractivity contribution in [3.63, 3.8) is 0 Å². The Morgan fingerprint density at radius 3 is 2.39 bits per heavy atom. The standard InChI is InChI=1S/C14H21NO3/c1-9(2)18-13-8-6-5-7-12(13)10(3)15-11(4)14(16)17/h5-11,15H,1-4H3,(H,16,17). The number of nitrogens with one attached hydrogen (secondary N) is 1. The molecule has 0 radical (unpaired) electrons. The van der Waals surface area contributed by atoms with E-state index in [1.165, 1.54) is 0 Å². The van der Waals surface area contributed by atoms with Gasteiger partial charge in [0.25, 0.3) is 0 Å². The third kappa shape index (κ3) is 4.04. The summed E-state index contributed by atoms with van der Waals surface area (Å²) >= 11 is 0. The topological polar surface area (TPSA) is 58.6 Å². The number of para-hydroxylation sites is 1. The SMILES string of the molecule is CC(C)Oc1ccccc1C(C)NC(C)C(=O)O. The molecule has 1 aromatic carbocycles. The van der Waals surface area contributed by atoms with E-state index in [2.05, 4.69) is 5.32 Å². The normalized spacial score (nSPS) is 14.3. The molecule has 0 spiro atoms. The van der Waals surface area contributed by atoms with Gasteiger partial charge in [-0.2, -0.15) is 0 Å². The zero-order chi connectivity index (χ0) is 13.7. The third-order valence-electron chi connectivity index (χ3n) is 2.62. The van der Waals surface area contributed by atoms with Crippen LogP contribution >= 0.6 is 0 Å². The highest BCUT2D eigenvalue weighted by molar-refractivity contribution is 5.72. The zero-order valence-corrected chi connectivity index (χ0v) is 11.3. The maximum Gasteiger partial charge on any atom is 0.320 e. The van der Waals surface area contributed by atoms with Crippen molar-refractivity contribution >= 4 is 5.97 Å². The van der Waals surface area contributed by atoms with Gasteiger partial charge in [0, 0.05) is 11.6 Å². The summed E-state index contributed by atoms with van der Waals surface area (Å²) in [4.78, 5) is 10.8. The van der Waals surface area contributed by atoms with Crippen LogP contribution in [-0.2, 0) is 4.79 Å². The Balaban J connectivity index is 2.84. The van der Waals surface area contributed by atoms with Crippen LogP contribution in [0.1, 0.15) is 39.3 Å². The van der Waals surface area contributed by atoms with Crippen molar-refractivity contribution in [3.05, 3.63) is 29.8 Å². The lowest BCUT2D eigenvalue weighted by Crippen LogP contribution is -2.35. The molecule has 4 nitrogen and oxygen atoms in total. The van der Waals surface area contributed by atoms with Crippen LogP contribution in [0.2, 0.25) is 0 Å². The molecule has 2 atom stereocenters. The number of carboxylic acid groups (broad SMARTS) is 1. The second-order valence-electron chi connectivity index (χ2n) is 4.65. The fourth-order valence-electron chi connectivity index (χ4n) is 1.74. The van der Waals surface area contributed by atoms with E-state index in [0.29, 0.717) is 0 Å². The van der Waals surface area contributed by atoms with E-state index >= 15 is 0 Å². The van der Waals surface area contributed by atoms with Crippen LogP contribution in [0.15, 0.2) is 24.3 Å². The molecule has 1 aromatic rings. The summed E-state index contributed by atoms with van der Waals surface area (Å²) in [6.07, 6.45) is 0.0928. The summed E-state index contributed by atoms with van der Waals surface area (Å²) in [6.45, 7) is 7.50. The van der Waals surface area contributed by atoms with Gasteiger partial charge in [0.2, 0.25) is 0 Å². The summed E-state index contributed by atoms with van der Waals surface area (Å²) in [5.74, 6) is -0.0609. The lowest BCUT2D eigenvalue weighted by molar-refractivity contribution is -0.139. The van der Waals surface area contributed by atoms with Crippen molar-refractivity contribution in [1.82, 2.24) is 5.32 Å². The summed E-state index contributed by atoms with van der Waals surface area (Å²) < 4.78 is 5.72. The maximum atomic E-state index is 10.8. The number of ether oxygens (including phenoxy) is 1. The monoisotopic (exact) mass is 251 g/mol. The Hall–Kier alpha value is -1.55. The largest absolute Gasteiger partial charge is 0.491 e. The first-order valence-corrected chi connectivity index (χ1v) is 6.16. The predicted octanol–water partition coefficient (Wildman–Crippen LogP) is 2.60. The van der Waals surface area contributed by atoms with Crippen molar-refractivity contribution < 1.29 is 14.6 Å². The number of rotatable bonds is 6. The van der Waals surface area contributed by atoms with Crippen molar-refractivity contribution in [2.45, 2.75) is 45.9 Å². The Labute approximate surface area is 108 Å². The lowest BCUT2D eigenvalue weighted by Gasteiger charge is -2.21. The van der Waals surface area contributed by atoms with Crippen molar-refractivity contribution in [2.75, 3.05) is 0 Å². The molecule has 0 amide bonds. The number of aliphatic carboxylic acids is 1. The molecule has 2 unspecified atom stereocenters. The average Bonchev–Trinajstić information content (AvgIpc) is 2.28. The van der Waals surface area contributed by atoms with Crippen LogP contribution in [0.4, 0.5) is 0 Å². The molecule has 0 aliphatic carbocycles. The Morgan fingerprint density at radius 1 is 1.22 bits per heavy atom. The smallest absolute Gasteiger partial charge is 0.320 e. The number of hydrogen-bond donors (Lipinski definition) is 2. The van der Waals surface area contributed by atoms with Gasteiger partial charge in [0.1, 0.15) is 11.8 Å². The molecule has 0 bridgehead atoms. The molecule has 1 rings (SSSR count). The first kappa shape index (κ1) is 14.5. The van der Waals surface area contributed by atoms with Crippen LogP contribution in [0, 0.1) is 0 Å². The Kier molecular flexibility index (Phi) is 5.16. The van der Waals surface area contributed by atoms with Crippen LogP contribution in [0.25, 0.3) is 0 Å². The Bertz CT molecular complexity index is 404. The number of carboxylic acids is 1. The molecule has 0 aliphatic heterocycles. The summed E-state index contributed by atoms with van der Waals surface area (Å²) in [5.41, 5.74) is 0.972. The van der Waals surface area contributed by atoms with Crippen molar-refractivity contribution in [3.8, 4) is 5.75 Å². The molecule has 4 heteroatoms. The van der Waals surface area contributed by atoms with Gasteiger partial charge in [0.05, 0.1) is 6.10 Å². The van der Waals surface area contributed by atoms with E-state index in [0.717, 1.165) is 11.3 Å². The third-order valence-corrected chi connectivity index (χ3v) is 2.62.